The Kier molecular flexibility index (Phi) is 7.50. The second-order valence-corrected chi connectivity index (χ2v) is 6.97. The van der Waals surface area contributed by atoms with Crippen LogP contribution in [0.25, 0.3) is 0 Å². The summed E-state index contributed by atoms with van der Waals surface area (Å²) in [5, 5.41) is 5.37. The molecular formula is C20H20ClF3N2O3. The van der Waals surface area contributed by atoms with Crippen LogP contribution >= 0.6 is 11.6 Å². The average Bonchev–Trinajstić information content (AvgIpc) is 2.64. The van der Waals surface area contributed by atoms with E-state index in [2.05, 4.69) is 10.6 Å². The Bertz CT molecular complexity index is 872. The zero-order valence-corrected chi connectivity index (χ0v) is 16.5. The van der Waals surface area contributed by atoms with Gasteiger partial charge in [0, 0.05) is 0 Å². The standard InChI is InChI=1S/C20H20ClF3N2O3/c1-12(2)17(26-18(27)13-7-3-4-8-14(13)21)19(28)25-15-9-5-6-10-16(15)29-11-20(22,23)24/h3-10,12,17H,11H2,1-2H3,(H,25,28)(H,26,27). The summed E-state index contributed by atoms with van der Waals surface area (Å²) >= 11 is 6.01. The number of para-hydroxylation sites is 2. The number of amides is 2. The Balaban J connectivity index is 2.14. The van der Waals surface area contributed by atoms with Gasteiger partial charge in [0.05, 0.1) is 16.3 Å². The molecule has 0 heterocycles. The molecule has 2 rings (SSSR count). The monoisotopic (exact) mass is 428 g/mol. The Labute approximate surface area is 171 Å². The third kappa shape index (κ3) is 6.67. The van der Waals surface area contributed by atoms with Gasteiger partial charge in [0.15, 0.2) is 6.61 Å². The summed E-state index contributed by atoms with van der Waals surface area (Å²) in [6, 6.07) is 11.2. The molecule has 1 atom stereocenters. The number of ether oxygens (including phenoxy) is 1. The second-order valence-electron chi connectivity index (χ2n) is 6.56. The Morgan fingerprint density at radius 3 is 2.31 bits per heavy atom. The van der Waals surface area contributed by atoms with Gasteiger partial charge in [-0.1, -0.05) is 49.7 Å². The van der Waals surface area contributed by atoms with Crippen molar-refractivity contribution in [1.29, 1.82) is 0 Å². The Hall–Kier alpha value is -2.74. The first-order valence-corrected chi connectivity index (χ1v) is 9.11. The first-order chi connectivity index (χ1) is 13.6. The lowest BCUT2D eigenvalue weighted by atomic mass is 10.0. The molecule has 0 aliphatic rings. The lowest BCUT2D eigenvalue weighted by Gasteiger charge is -2.23. The molecule has 2 amide bonds. The molecule has 0 saturated heterocycles. The summed E-state index contributed by atoms with van der Waals surface area (Å²) in [4.78, 5) is 25.2. The second kappa shape index (κ2) is 9.65. The quantitative estimate of drug-likeness (QED) is 0.673. The van der Waals surface area contributed by atoms with Gasteiger partial charge in [-0.15, -0.1) is 0 Å². The summed E-state index contributed by atoms with van der Waals surface area (Å²) < 4.78 is 42.1. The van der Waals surface area contributed by atoms with Gasteiger partial charge in [-0.3, -0.25) is 9.59 Å². The molecule has 0 fully saturated rings. The zero-order valence-electron chi connectivity index (χ0n) is 15.7. The highest BCUT2D eigenvalue weighted by molar-refractivity contribution is 6.33. The number of carbonyl (C=O) groups is 2. The van der Waals surface area contributed by atoms with Crippen LogP contribution in [0.15, 0.2) is 48.5 Å². The van der Waals surface area contributed by atoms with Crippen molar-refractivity contribution >= 4 is 29.1 Å². The van der Waals surface area contributed by atoms with E-state index in [1.54, 1.807) is 38.1 Å². The number of carbonyl (C=O) groups excluding carboxylic acids is 2. The van der Waals surface area contributed by atoms with Gasteiger partial charge in [-0.05, 0) is 30.2 Å². The number of hydrogen-bond donors (Lipinski definition) is 2. The molecule has 0 radical (unpaired) electrons. The fraction of sp³-hybridized carbons (Fsp3) is 0.300. The van der Waals surface area contributed by atoms with Crippen LogP contribution in [0.4, 0.5) is 18.9 Å². The lowest BCUT2D eigenvalue weighted by Crippen LogP contribution is -2.47. The molecule has 0 spiro atoms. The first-order valence-electron chi connectivity index (χ1n) is 8.73. The largest absolute Gasteiger partial charge is 0.482 e. The third-order valence-electron chi connectivity index (χ3n) is 3.89. The van der Waals surface area contributed by atoms with Crippen LogP contribution in [-0.4, -0.2) is 30.6 Å². The maximum atomic E-state index is 12.7. The van der Waals surface area contributed by atoms with Gasteiger partial charge >= 0.3 is 6.18 Å². The van der Waals surface area contributed by atoms with E-state index in [1.807, 2.05) is 0 Å². The summed E-state index contributed by atoms with van der Waals surface area (Å²) in [6.45, 7) is 1.96. The fourth-order valence-electron chi connectivity index (χ4n) is 2.47. The van der Waals surface area contributed by atoms with Crippen LogP contribution in [-0.2, 0) is 4.79 Å². The molecule has 2 aromatic rings. The van der Waals surface area contributed by atoms with E-state index >= 15 is 0 Å². The molecule has 9 heteroatoms. The van der Waals surface area contributed by atoms with Gasteiger partial charge in [0.25, 0.3) is 5.91 Å². The third-order valence-corrected chi connectivity index (χ3v) is 4.22. The van der Waals surface area contributed by atoms with Crippen LogP contribution in [0.5, 0.6) is 5.75 Å². The number of hydrogen-bond acceptors (Lipinski definition) is 3. The molecular weight excluding hydrogens is 409 g/mol. The van der Waals surface area contributed by atoms with Crippen molar-refractivity contribution in [1.82, 2.24) is 5.32 Å². The number of benzene rings is 2. The molecule has 156 valence electrons. The molecule has 2 aromatic carbocycles. The summed E-state index contributed by atoms with van der Waals surface area (Å²) in [5.41, 5.74) is 0.279. The predicted octanol–water partition coefficient (Wildman–Crippen LogP) is 4.67. The molecule has 0 saturated carbocycles. The minimum atomic E-state index is -4.51. The van der Waals surface area contributed by atoms with Crippen molar-refractivity contribution in [3.8, 4) is 5.75 Å². The normalized spacial score (nSPS) is 12.4. The number of rotatable bonds is 7. The van der Waals surface area contributed by atoms with Crippen LogP contribution in [0.1, 0.15) is 24.2 Å². The number of halogens is 4. The zero-order chi connectivity index (χ0) is 21.6. The first kappa shape index (κ1) is 22.5. The summed E-state index contributed by atoms with van der Waals surface area (Å²) in [7, 11) is 0. The van der Waals surface area contributed by atoms with Crippen molar-refractivity contribution in [3.63, 3.8) is 0 Å². The number of alkyl halides is 3. The van der Waals surface area contributed by atoms with Gasteiger partial charge in [-0.25, -0.2) is 0 Å². The fourth-order valence-corrected chi connectivity index (χ4v) is 2.69. The van der Waals surface area contributed by atoms with Gasteiger partial charge < -0.3 is 15.4 Å². The van der Waals surface area contributed by atoms with Gasteiger partial charge in [-0.2, -0.15) is 13.2 Å². The topological polar surface area (TPSA) is 67.4 Å². The maximum absolute atomic E-state index is 12.7. The van der Waals surface area contributed by atoms with E-state index in [9.17, 15) is 22.8 Å². The Morgan fingerprint density at radius 1 is 1.07 bits per heavy atom. The smallest absolute Gasteiger partial charge is 0.422 e. The highest BCUT2D eigenvalue weighted by atomic mass is 35.5. The SMILES string of the molecule is CC(C)C(NC(=O)c1ccccc1Cl)C(=O)Nc1ccccc1OCC(F)(F)F. The molecule has 0 aromatic heterocycles. The molecule has 1 unspecified atom stereocenters. The summed E-state index contributed by atoms with van der Waals surface area (Å²) in [5.74, 6) is -1.56. The summed E-state index contributed by atoms with van der Waals surface area (Å²) in [6.07, 6.45) is -4.51. The maximum Gasteiger partial charge on any atom is 0.422 e. The predicted molar refractivity (Wildman–Crippen MR) is 104 cm³/mol. The van der Waals surface area contributed by atoms with Crippen molar-refractivity contribution in [2.75, 3.05) is 11.9 Å². The highest BCUT2D eigenvalue weighted by Crippen LogP contribution is 2.27. The molecule has 2 N–H and O–H groups in total. The van der Waals surface area contributed by atoms with E-state index in [0.717, 1.165) is 0 Å². The van der Waals surface area contributed by atoms with Crippen molar-refractivity contribution in [3.05, 3.63) is 59.1 Å². The van der Waals surface area contributed by atoms with Crippen molar-refractivity contribution in [2.24, 2.45) is 5.92 Å². The lowest BCUT2D eigenvalue weighted by molar-refractivity contribution is -0.153. The average molecular weight is 429 g/mol. The molecule has 29 heavy (non-hydrogen) atoms. The van der Waals surface area contributed by atoms with Gasteiger partial charge in [0.1, 0.15) is 11.8 Å². The van der Waals surface area contributed by atoms with Crippen molar-refractivity contribution in [2.45, 2.75) is 26.1 Å². The van der Waals surface area contributed by atoms with E-state index < -0.39 is 30.6 Å². The van der Waals surface area contributed by atoms with E-state index in [4.69, 9.17) is 16.3 Å². The minimum absolute atomic E-state index is 0.0689. The van der Waals surface area contributed by atoms with E-state index in [1.165, 1.54) is 24.3 Å². The Morgan fingerprint density at radius 2 is 1.69 bits per heavy atom. The van der Waals surface area contributed by atoms with E-state index in [0.29, 0.717) is 0 Å². The van der Waals surface area contributed by atoms with Crippen molar-refractivity contribution < 1.29 is 27.5 Å². The molecule has 0 aliphatic heterocycles. The number of anilines is 1. The highest BCUT2D eigenvalue weighted by Gasteiger charge is 2.30. The molecule has 5 nitrogen and oxygen atoms in total. The van der Waals surface area contributed by atoms with Crippen LogP contribution in [0, 0.1) is 5.92 Å². The molecule has 0 bridgehead atoms. The van der Waals surface area contributed by atoms with E-state index in [-0.39, 0.29) is 27.9 Å². The van der Waals surface area contributed by atoms with Crippen LogP contribution in [0.2, 0.25) is 5.02 Å². The number of nitrogens with one attached hydrogen (secondary N) is 2. The van der Waals surface area contributed by atoms with Crippen LogP contribution in [0.3, 0.4) is 0 Å². The van der Waals surface area contributed by atoms with Gasteiger partial charge in [0.2, 0.25) is 5.91 Å². The minimum Gasteiger partial charge on any atom is -0.482 e. The van der Waals surface area contributed by atoms with Crippen LogP contribution < -0.4 is 15.4 Å². The molecule has 0 aliphatic carbocycles.